The van der Waals surface area contributed by atoms with Gasteiger partial charge in [-0.15, -0.1) is 0 Å². The lowest BCUT2D eigenvalue weighted by Gasteiger charge is -2.25. The normalized spacial score (nSPS) is 11.7. The third kappa shape index (κ3) is 5.53. The molecule has 0 aliphatic rings. The van der Waals surface area contributed by atoms with Crippen molar-refractivity contribution in [3.63, 3.8) is 0 Å². The molecule has 10 aromatic carbocycles. The van der Waals surface area contributed by atoms with Gasteiger partial charge >= 0.3 is 0 Å². The molecule has 0 unspecified atom stereocenters. The predicted molar refractivity (Wildman–Crippen MR) is 251 cm³/mol. The summed E-state index contributed by atoms with van der Waals surface area (Å²) in [4.78, 5) is 4.54. The number of furan rings is 2. The van der Waals surface area contributed by atoms with Crippen molar-refractivity contribution in [2.45, 2.75) is 0 Å². The van der Waals surface area contributed by atoms with E-state index in [1.807, 2.05) is 12.1 Å². The number of nitrogens with zero attached hydrogens (tertiary/aromatic N) is 2. The van der Waals surface area contributed by atoms with Gasteiger partial charge in [0, 0.05) is 73.2 Å². The Morgan fingerprint density at radius 1 is 0.250 bits per heavy atom. The third-order valence-electron chi connectivity index (χ3n) is 11.8. The molecule has 0 N–H and O–H groups in total. The Bertz CT molecular complexity index is 3460. The molecule has 12 aromatic rings. The summed E-state index contributed by atoms with van der Waals surface area (Å²) in [5.41, 5.74) is 12.1. The van der Waals surface area contributed by atoms with Gasteiger partial charge in [0.05, 0.1) is 0 Å². The minimum absolute atomic E-state index is 0.854. The molecule has 12 rings (SSSR count). The number of para-hydroxylation sites is 4. The van der Waals surface area contributed by atoms with Crippen molar-refractivity contribution in [2.75, 3.05) is 9.80 Å². The van der Waals surface area contributed by atoms with Gasteiger partial charge in [0.1, 0.15) is 22.3 Å². The monoisotopic (exact) mass is 768 g/mol. The maximum absolute atomic E-state index is 6.91. The summed E-state index contributed by atoms with van der Waals surface area (Å²) in [6, 6.07) is 77.0. The molecule has 0 aliphatic carbocycles. The van der Waals surface area contributed by atoms with Gasteiger partial charge in [-0.3, -0.25) is 0 Å². The van der Waals surface area contributed by atoms with Crippen molar-refractivity contribution in [1.29, 1.82) is 0 Å². The first-order valence-electron chi connectivity index (χ1n) is 20.3. The van der Waals surface area contributed by atoms with Crippen molar-refractivity contribution in [3.05, 3.63) is 218 Å². The molecule has 2 heterocycles. The zero-order chi connectivity index (χ0) is 39.6. The Hall–Kier alpha value is -8.08. The van der Waals surface area contributed by atoms with Crippen LogP contribution in [0, 0.1) is 0 Å². The van der Waals surface area contributed by atoms with E-state index in [9.17, 15) is 0 Å². The number of anilines is 6. The van der Waals surface area contributed by atoms with E-state index in [2.05, 4.69) is 216 Å². The number of rotatable bonds is 7. The van der Waals surface area contributed by atoms with Crippen molar-refractivity contribution in [3.8, 4) is 11.1 Å². The molecule has 0 saturated heterocycles. The van der Waals surface area contributed by atoms with Crippen LogP contribution in [-0.4, -0.2) is 0 Å². The van der Waals surface area contributed by atoms with Gasteiger partial charge in [0.2, 0.25) is 0 Å². The molecule has 0 spiro atoms. The maximum Gasteiger partial charge on any atom is 0.143 e. The van der Waals surface area contributed by atoms with Gasteiger partial charge in [-0.2, -0.15) is 0 Å². The average molecular weight is 769 g/mol. The zero-order valence-electron chi connectivity index (χ0n) is 32.5. The second-order valence-electron chi connectivity index (χ2n) is 15.3. The lowest BCUT2D eigenvalue weighted by atomic mass is 9.94. The highest BCUT2D eigenvalue weighted by Crippen LogP contribution is 2.45. The molecule has 282 valence electrons. The Morgan fingerprint density at radius 3 is 1.22 bits per heavy atom. The number of fused-ring (bicyclic) bond motifs is 11. The molecule has 0 radical (unpaired) electrons. The fraction of sp³-hybridized carbons (Fsp3) is 0. The summed E-state index contributed by atoms with van der Waals surface area (Å²) >= 11 is 0. The van der Waals surface area contributed by atoms with Crippen molar-refractivity contribution >= 4 is 99.5 Å². The lowest BCUT2D eigenvalue weighted by molar-refractivity contribution is 0.669. The quantitative estimate of drug-likeness (QED) is 0.151. The van der Waals surface area contributed by atoms with E-state index in [0.29, 0.717) is 0 Å². The Morgan fingerprint density at radius 2 is 0.667 bits per heavy atom. The highest BCUT2D eigenvalue weighted by molar-refractivity contribution is 6.30. The van der Waals surface area contributed by atoms with Gasteiger partial charge in [-0.25, -0.2) is 0 Å². The third-order valence-corrected chi connectivity index (χ3v) is 11.8. The molecule has 0 atom stereocenters. The minimum Gasteiger partial charge on any atom is -0.456 e. The summed E-state index contributed by atoms with van der Waals surface area (Å²) < 4.78 is 13.6. The van der Waals surface area contributed by atoms with Crippen molar-refractivity contribution in [2.24, 2.45) is 0 Å². The molecule has 0 saturated carbocycles. The molecule has 60 heavy (non-hydrogen) atoms. The van der Waals surface area contributed by atoms with Crippen LogP contribution in [0.1, 0.15) is 0 Å². The van der Waals surface area contributed by atoms with E-state index in [1.54, 1.807) is 0 Å². The van der Waals surface area contributed by atoms with Crippen LogP contribution >= 0.6 is 0 Å². The first-order valence-corrected chi connectivity index (χ1v) is 20.3. The minimum atomic E-state index is 0.854. The largest absolute Gasteiger partial charge is 0.456 e. The molecule has 2 aromatic heterocycles. The van der Waals surface area contributed by atoms with Gasteiger partial charge in [-0.1, -0.05) is 109 Å². The molecular formula is C56H36N2O2. The Labute approximate surface area is 346 Å². The highest BCUT2D eigenvalue weighted by Gasteiger charge is 2.20. The average Bonchev–Trinajstić information content (AvgIpc) is 3.89. The van der Waals surface area contributed by atoms with E-state index in [0.717, 1.165) is 99.9 Å². The summed E-state index contributed by atoms with van der Waals surface area (Å²) in [6.45, 7) is 0. The van der Waals surface area contributed by atoms with Crippen LogP contribution in [0.5, 0.6) is 0 Å². The van der Waals surface area contributed by atoms with Crippen LogP contribution in [-0.2, 0) is 0 Å². The molecule has 0 fully saturated rings. The standard InChI is InChI=1S/C56H36N2O2/c1-5-15-39(16-6-1)57(40-17-7-2-8-18-40)43-27-31-47-46-29-25-38(34-52(46)59-53(47)35-43)37-26-30-49-51(33-37)45-23-13-14-24-48(45)55-50-32-28-44(36-54(50)60-56(49)55)58(41-19-9-3-10-20-41)42-21-11-4-12-22-42/h1-36H. The zero-order valence-corrected chi connectivity index (χ0v) is 32.5. The van der Waals surface area contributed by atoms with Crippen LogP contribution in [0.15, 0.2) is 227 Å². The molecule has 0 aliphatic heterocycles. The summed E-state index contributed by atoms with van der Waals surface area (Å²) in [6.07, 6.45) is 0. The fourth-order valence-electron chi connectivity index (χ4n) is 9.05. The van der Waals surface area contributed by atoms with E-state index in [1.165, 1.54) is 10.8 Å². The number of benzene rings is 10. The fourth-order valence-corrected chi connectivity index (χ4v) is 9.05. The highest BCUT2D eigenvalue weighted by atomic mass is 16.3. The summed E-state index contributed by atoms with van der Waals surface area (Å²) in [5.74, 6) is 0. The van der Waals surface area contributed by atoms with Crippen LogP contribution < -0.4 is 9.80 Å². The molecule has 4 heteroatoms. The lowest BCUT2D eigenvalue weighted by Crippen LogP contribution is -2.09. The molecule has 4 nitrogen and oxygen atoms in total. The summed E-state index contributed by atoms with van der Waals surface area (Å²) in [5, 5.41) is 9.05. The summed E-state index contributed by atoms with van der Waals surface area (Å²) in [7, 11) is 0. The van der Waals surface area contributed by atoms with E-state index < -0.39 is 0 Å². The smallest absolute Gasteiger partial charge is 0.143 e. The van der Waals surface area contributed by atoms with Crippen LogP contribution in [0.3, 0.4) is 0 Å². The van der Waals surface area contributed by atoms with Crippen LogP contribution in [0.2, 0.25) is 0 Å². The first-order chi connectivity index (χ1) is 29.7. The van der Waals surface area contributed by atoms with Gasteiger partial charge in [-0.05, 0) is 124 Å². The van der Waals surface area contributed by atoms with E-state index in [4.69, 9.17) is 8.83 Å². The van der Waals surface area contributed by atoms with Crippen molar-refractivity contribution < 1.29 is 8.83 Å². The van der Waals surface area contributed by atoms with E-state index >= 15 is 0 Å². The topological polar surface area (TPSA) is 32.8 Å². The van der Waals surface area contributed by atoms with Gasteiger partial charge in [0.15, 0.2) is 0 Å². The SMILES string of the molecule is c1ccc(N(c2ccccc2)c2ccc3c(c2)oc2cc(-c4ccc5c(c4)c4ccccc4c4c6ccc(N(c7ccccc7)c7ccccc7)cc6oc54)ccc23)cc1. The predicted octanol–water partition coefficient (Wildman–Crippen LogP) is 16.4. The number of hydrogen-bond acceptors (Lipinski definition) is 4. The second kappa shape index (κ2) is 13.8. The van der Waals surface area contributed by atoms with Crippen LogP contribution in [0.25, 0.3) is 76.5 Å². The van der Waals surface area contributed by atoms with Gasteiger partial charge in [0.25, 0.3) is 0 Å². The second-order valence-corrected chi connectivity index (χ2v) is 15.3. The Kier molecular flexibility index (Phi) is 7.82. The Balaban J connectivity index is 0.969. The molecule has 0 amide bonds. The number of hydrogen-bond donors (Lipinski definition) is 0. The van der Waals surface area contributed by atoms with Gasteiger partial charge < -0.3 is 18.6 Å². The molecule has 0 bridgehead atoms. The maximum atomic E-state index is 6.91. The molecular weight excluding hydrogens is 733 g/mol. The van der Waals surface area contributed by atoms with Crippen molar-refractivity contribution in [1.82, 2.24) is 0 Å². The first kappa shape index (κ1) is 34.0. The van der Waals surface area contributed by atoms with E-state index in [-0.39, 0.29) is 0 Å². The van der Waals surface area contributed by atoms with Crippen LogP contribution in [0.4, 0.5) is 34.1 Å².